The Labute approximate surface area is 106 Å². The summed E-state index contributed by atoms with van der Waals surface area (Å²) >= 11 is 0. The van der Waals surface area contributed by atoms with Crippen LogP contribution in [0.25, 0.3) is 0 Å². The SMILES string of the molecule is C=CCCCN(C)C(=NCCCOC)NCC. The molecule has 0 aromatic carbocycles. The van der Waals surface area contributed by atoms with Crippen LogP contribution in [0.1, 0.15) is 26.2 Å². The molecule has 0 aliphatic rings. The van der Waals surface area contributed by atoms with E-state index in [-0.39, 0.29) is 0 Å². The maximum absolute atomic E-state index is 5.01. The van der Waals surface area contributed by atoms with Crippen molar-refractivity contribution in [3.63, 3.8) is 0 Å². The highest BCUT2D eigenvalue weighted by Gasteiger charge is 2.03. The van der Waals surface area contributed by atoms with Gasteiger partial charge in [0, 0.05) is 40.4 Å². The van der Waals surface area contributed by atoms with E-state index < -0.39 is 0 Å². The summed E-state index contributed by atoms with van der Waals surface area (Å²) in [5.74, 6) is 0.979. The van der Waals surface area contributed by atoms with Gasteiger partial charge >= 0.3 is 0 Å². The van der Waals surface area contributed by atoms with Crippen LogP contribution < -0.4 is 5.32 Å². The molecule has 0 radical (unpaired) electrons. The molecule has 1 N–H and O–H groups in total. The fourth-order valence-electron chi connectivity index (χ4n) is 1.44. The van der Waals surface area contributed by atoms with E-state index >= 15 is 0 Å². The van der Waals surface area contributed by atoms with Gasteiger partial charge in [-0.2, -0.15) is 0 Å². The number of guanidine groups is 1. The Morgan fingerprint density at radius 1 is 1.47 bits per heavy atom. The van der Waals surface area contributed by atoms with Crippen molar-refractivity contribution in [3.8, 4) is 0 Å². The van der Waals surface area contributed by atoms with Gasteiger partial charge in [0.2, 0.25) is 0 Å². The van der Waals surface area contributed by atoms with Gasteiger partial charge < -0.3 is 15.0 Å². The molecule has 17 heavy (non-hydrogen) atoms. The third-order valence-corrected chi connectivity index (χ3v) is 2.37. The third kappa shape index (κ3) is 8.74. The lowest BCUT2D eigenvalue weighted by Crippen LogP contribution is -2.39. The van der Waals surface area contributed by atoms with Gasteiger partial charge in [-0.25, -0.2) is 0 Å². The first-order valence-electron chi connectivity index (χ1n) is 6.35. The van der Waals surface area contributed by atoms with Crippen molar-refractivity contribution >= 4 is 5.96 Å². The summed E-state index contributed by atoms with van der Waals surface area (Å²) < 4.78 is 5.01. The second kappa shape index (κ2) is 11.5. The summed E-state index contributed by atoms with van der Waals surface area (Å²) in [6.45, 7) is 9.29. The summed E-state index contributed by atoms with van der Waals surface area (Å²) in [5, 5.41) is 3.30. The number of hydrogen-bond donors (Lipinski definition) is 1. The van der Waals surface area contributed by atoms with Crippen LogP contribution >= 0.6 is 0 Å². The van der Waals surface area contributed by atoms with Crippen LogP contribution in [0, 0.1) is 0 Å². The summed E-state index contributed by atoms with van der Waals surface area (Å²) in [6, 6.07) is 0. The average Bonchev–Trinajstić information content (AvgIpc) is 2.33. The first-order chi connectivity index (χ1) is 8.26. The number of nitrogens with one attached hydrogen (secondary N) is 1. The van der Waals surface area contributed by atoms with E-state index in [9.17, 15) is 0 Å². The second-order valence-corrected chi connectivity index (χ2v) is 3.93. The Balaban J connectivity index is 4.03. The Bertz CT molecular complexity index is 217. The van der Waals surface area contributed by atoms with Crippen LogP contribution in [-0.4, -0.2) is 51.3 Å². The molecular weight excluding hydrogens is 214 g/mol. The van der Waals surface area contributed by atoms with Crippen molar-refractivity contribution in [2.24, 2.45) is 4.99 Å². The molecule has 0 amide bonds. The van der Waals surface area contributed by atoms with E-state index in [0.29, 0.717) is 0 Å². The highest BCUT2D eigenvalue weighted by Crippen LogP contribution is 1.95. The number of rotatable bonds is 9. The van der Waals surface area contributed by atoms with E-state index in [2.05, 4.69) is 35.8 Å². The molecule has 0 fully saturated rings. The molecule has 0 aromatic heterocycles. The van der Waals surface area contributed by atoms with Crippen LogP contribution in [0.2, 0.25) is 0 Å². The normalized spacial score (nSPS) is 11.4. The van der Waals surface area contributed by atoms with Crippen LogP contribution in [0.4, 0.5) is 0 Å². The minimum atomic E-state index is 0.767. The summed E-state index contributed by atoms with van der Waals surface area (Å²) in [5.41, 5.74) is 0. The zero-order valence-electron chi connectivity index (χ0n) is 11.5. The molecular formula is C13H27N3O. The maximum atomic E-state index is 5.01. The molecule has 0 saturated heterocycles. The van der Waals surface area contributed by atoms with Crippen molar-refractivity contribution in [1.29, 1.82) is 0 Å². The van der Waals surface area contributed by atoms with E-state index in [0.717, 1.165) is 51.5 Å². The van der Waals surface area contributed by atoms with Gasteiger partial charge in [-0.3, -0.25) is 4.99 Å². The van der Waals surface area contributed by atoms with Gasteiger partial charge in [-0.05, 0) is 26.2 Å². The Morgan fingerprint density at radius 3 is 2.82 bits per heavy atom. The van der Waals surface area contributed by atoms with Crippen molar-refractivity contribution in [3.05, 3.63) is 12.7 Å². The smallest absolute Gasteiger partial charge is 0.193 e. The molecule has 0 aliphatic carbocycles. The number of ether oxygens (including phenoxy) is 1. The molecule has 0 bridgehead atoms. The second-order valence-electron chi connectivity index (χ2n) is 3.93. The molecule has 0 aromatic rings. The van der Waals surface area contributed by atoms with Crippen LogP contribution in [0.3, 0.4) is 0 Å². The van der Waals surface area contributed by atoms with Gasteiger partial charge in [0.05, 0.1) is 0 Å². The molecule has 0 atom stereocenters. The first-order valence-corrected chi connectivity index (χ1v) is 6.35. The van der Waals surface area contributed by atoms with Gasteiger partial charge in [0.15, 0.2) is 5.96 Å². The van der Waals surface area contributed by atoms with E-state index in [1.54, 1.807) is 7.11 Å². The van der Waals surface area contributed by atoms with Crippen LogP contribution in [-0.2, 0) is 4.74 Å². The largest absolute Gasteiger partial charge is 0.385 e. The molecule has 0 rings (SSSR count). The van der Waals surface area contributed by atoms with Crippen molar-refractivity contribution < 1.29 is 4.74 Å². The summed E-state index contributed by atoms with van der Waals surface area (Å²) in [4.78, 5) is 6.72. The van der Waals surface area contributed by atoms with E-state index in [4.69, 9.17) is 4.74 Å². The Morgan fingerprint density at radius 2 is 2.24 bits per heavy atom. The fourth-order valence-corrected chi connectivity index (χ4v) is 1.44. The minimum absolute atomic E-state index is 0.767. The minimum Gasteiger partial charge on any atom is -0.385 e. The fraction of sp³-hybridized carbons (Fsp3) is 0.769. The predicted octanol–water partition coefficient (Wildman–Crippen LogP) is 1.89. The lowest BCUT2D eigenvalue weighted by molar-refractivity contribution is 0.197. The number of nitrogens with zero attached hydrogens (tertiary/aromatic N) is 2. The lowest BCUT2D eigenvalue weighted by atomic mass is 10.3. The number of unbranched alkanes of at least 4 members (excludes halogenated alkanes) is 1. The van der Waals surface area contributed by atoms with Crippen LogP contribution in [0.15, 0.2) is 17.6 Å². The van der Waals surface area contributed by atoms with Gasteiger partial charge in [0.1, 0.15) is 0 Å². The summed E-state index contributed by atoms with van der Waals surface area (Å²) in [6.07, 6.45) is 5.08. The zero-order valence-corrected chi connectivity index (χ0v) is 11.5. The lowest BCUT2D eigenvalue weighted by Gasteiger charge is -2.21. The van der Waals surface area contributed by atoms with Gasteiger partial charge in [-0.1, -0.05) is 6.08 Å². The summed E-state index contributed by atoms with van der Waals surface area (Å²) in [7, 11) is 3.79. The topological polar surface area (TPSA) is 36.9 Å². The van der Waals surface area contributed by atoms with Gasteiger partial charge in [-0.15, -0.1) is 6.58 Å². The number of hydrogen-bond acceptors (Lipinski definition) is 2. The molecule has 0 saturated carbocycles. The van der Waals surface area contributed by atoms with Gasteiger partial charge in [0.25, 0.3) is 0 Å². The molecule has 4 nitrogen and oxygen atoms in total. The van der Waals surface area contributed by atoms with E-state index in [1.165, 1.54) is 0 Å². The predicted molar refractivity (Wildman–Crippen MR) is 74.5 cm³/mol. The van der Waals surface area contributed by atoms with Crippen molar-refractivity contribution in [2.45, 2.75) is 26.2 Å². The highest BCUT2D eigenvalue weighted by molar-refractivity contribution is 5.79. The Kier molecular flexibility index (Phi) is 10.8. The van der Waals surface area contributed by atoms with E-state index in [1.807, 2.05) is 6.08 Å². The monoisotopic (exact) mass is 241 g/mol. The number of aliphatic imine (C=N–C) groups is 1. The molecule has 0 aliphatic heterocycles. The molecule has 0 heterocycles. The standard InChI is InChI=1S/C13H27N3O/c1-5-7-8-11-16(3)13(14-6-2)15-10-9-12-17-4/h5H,1,6-12H2,2-4H3,(H,14,15). The molecule has 4 heteroatoms. The highest BCUT2D eigenvalue weighted by atomic mass is 16.5. The molecule has 0 spiro atoms. The third-order valence-electron chi connectivity index (χ3n) is 2.37. The van der Waals surface area contributed by atoms with Crippen molar-refractivity contribution in [1.82, 2.24) is 10.2 Å². The number of methoxy groups -OCH3 is 1. The zero-order chi connectivity index (χ0) is 12.9. The molecule has 0 unspecified atom stereocenters. The van der Waals surface area contributed by atoms with Crippen LogP contribution in [0.5, 0.6) is 0 Å². The number of allylic oxidation sites excluding steroid dienone is 1. The molecule has 100 valence electrons. The Hall–Kier alpha value is -1.03. The first kappa shape index (κ1) is 16.0. The maximum Gasteiger partial charge on any atom is 0.193 e. The van der Waals surface area contributed by atoms with Crippen molar-refractivity contribution in [2.75, 3.05) is 40.4 Å². The average molecular weight is 241 g/mol. The quantitative estimate of drug-likeness (QED) is 0.290.